The molecule has 0 radical (unpaired) electrons. The zero-order valence-electron chi connectivity index (χ0n) is 9.92. The highest BCUT2D eigenvalue weighted by Gasteiger charge is 2.22. The van der Waals surface area contributed by atoms with Crippen LogP contribution in [0.15, 0.2) is 30.3 Å². The van der Waals surface area contributed by atoms with Gasteiger partial charge >= 0.3 is 0 Å². The van der Waals surface area contributed by atoms with Crippen molar-refractivity contribution in [1.82, 2.24) is 14.8 Å². The summed E-state index contributed by atoms with van der Waals surface area (Å²) in [5.41, 5.74) is 1.04. The smallest absolute Gasteiger partial charge is 0.225 e. The summed E-state index contributed by atoms with van der Waals surface area (Å²) >= 11 is 6.18. The zero-order chi connectivity index (χ0) is 12.4. The van der Waals surface area contributed by atoms with Crippen LogP contribution in [-0.2, 0) is 4.74 Å². The maximum Gasteiger partial charge on any atom is 0.225 e. The van der Waals surface area contributed by atoms with Gasteiger partial charge in [0.2, 0.25) is 5.28 Å². The highest BCUT2D eigenvalue weighted by molar-refractivity contribution is 6.28. The van der Waals surface area contributed by atoms with E-state index in [4.69, 9.17) is 16.3 Å². The lowest BCUT2D eigenvalue weighted by Gasteiger charge is -2.24. The second kappa shape index (κ2) is 5.08. The van der Waals surface area contributed by atoms with E-state index in [-0.39, 0.29) is 0 Å². The molecule has 2 heterocycles. The molecule has 1 aliphatic rings. The molecule has 0 bridgehead atoms. The van der Waals surface area contributed by atoms with Crippen molar-refractivity contribution in [2.75, 3.05) is 13.2 Å². The van der Waals surface area contributed by atoms with E-state index in [0.29, 0.717) is 11.3 Å². The molecular weight excluding hydrogens is 250 g/mol. The van der Waals surface area contributed by atoms with Crippen molar-refractivity contribution in [3.05, 3.63) is 35.6 Å². The summed E-state index contributed by atoms with van der Waals surface area (Å²) in [6, 6.07) is 10.3. The van der Waals surface area contributed by atoms with Gasteiger partial charge in [-0.15, -0.1) is 10.2 Å². The lowest BCUT2D eigenvalue weighted by atomic mass is 10.1. The number of benzene rings is 1. The summed E-state index contributed by atoms with van der Waals surface area (Å²) < 4.78 is 7.41. The lowest BCUT2D eigenvalue weighted by molar-refractivity contribution is 0.0700. The molecule has 0 atom stereocenters. The zero-order valence-corrected chi connectivity index (χ0v) is 10.7. The summed E-state index contributed by atoms with van der Waals surface area (Å²) in [7, 11) is 0. The molecule has 1 aromatic heterocycles. The van der Waals surface area contributed by atoms with Crippen LogP contribution in [0.25, 0.3) is 11.4 Å². The Morgan fingerprint density at radius 3 is 2.56 bits per heavy atom. The number of halogens is 1. The highest BCUT2D eigenvalue weighted by atomic mass is 35.5. The average Bonchev–Trinajstić information content (AvgIpc) is 2.83. The van der Waals surface area contributed by atoms with Crippen molar-refractivity contribution in [3.63, 3.8) is 0 Å². The van der Waals surface area contributed by atoms with Crippen LogP contribution >= 0.6 is 11.6 Å². The third kappa shape index (κ3) is 2.13. The van der Waals surface area contributed by atoms with Gasteiger partial charge in [-0.3, -0.25) is 4.57 Å². The minimum absolute atomic E-state index is 0.330. The first-order valence-corrected chi connectivity index (χ1v) is 6.47. The molecule has 1 fully saturated rings. The highest BCUT2D eigenvalue weighted by Crippen LogP contribution is 2.30. The molecule has 1 saturated heterocycles. The molecular formula is C13H14ClN3O. The van der Waals surface area contributed by atoms with Crippen LogP contribution in [-0.4, -0.2) is 28.0 Å². The number of ether oxygens (including phenoxy) is 1. The van der Waals surface area contributed by atoms with Gasteiger partial charge in [-0.1, -0.05) is 30.3 Å². The van der Waals surface area contributed by atoms with E-state index >= 15 is 0 Å². The van der Waals surface area contributed by atoms with Gasteiger partial charge in [0, 0.05) is 24.8 Å². The number of nitrogens with zero attached hydrogens (tertiary/aromatic N) is 3. The van der Waals surface area contributed by atoms with Gasteiger partial charge in [-0.2, -0.15) is 0 Å². The Morgan fingerprint density at radius 1 is 1.11 bits per heavy atom. The lowest BCUT2D eigenvalue weighted by Crippen LogP contribution is -2.20. The standard InChI is InChI=1S/C13H14ClN3O/c14-13-16-15-12(10-4-2-1-3-5-10)17(13)11-6-8-18-9-7-11/h1-5,11H,6-9H2. The summed E-state index contributed by atoms with van der Waals surface area (Å²) in [6.07, 6.45) is 1.91. The second-order valence-corrected chi connectivity index (χ2v) is 4.71. The normalized spacial score (nSPS) is 16.9. The van der Waals surface area contributed by atoms with Gasteiger partial charge in [-0.05, 0) is 24.4 Å². The molecule has 0 saturated carbocycles. The molecule has 0 aliphatic carbocycles. The SMILES string of the molecule is Clc1nnc(-c2ccccc2)n1C1CCOCC1. The van der Waals surface area contributed by atoms with Gasteiger partial charge in [0.1, 0.15) is 0 Å². The first-order chi connectivity index (χ1) is 8.86. The van der Waals surface area contributed by atoms with Crippen molar-refractivity contribution in [2.45, 2.75) is 18.9 Å². The van der Waals surface area contributed by atoms with E-state index in [1.54, 1.807) is 0 Å². The van der Waals surface area contributed by atoms with Crippen LogP contribution in [0.3, 0.4) is 0 Å². The van der Waals surface area contributed by atoms with Crippen LogP contribution in [0.1, 0.15) is 18.9 Å². The number of hydrogen-bond acceptors (Lipinski definition) is 3. The van der Waals surface area contributed by atoms with Crippen molar-refractivity contribution < 1.29 is 4.74 Å². The number of rotatable bonds is 2. The predicted molar refractivity (Wildman–Crippen MR) is 69.6 cm³/mol. The Labute approximate surface area is 111 Å². The molecule has 94 valence electrons. The maximum absolute atomic E-state index is 6.18. The van der Waals surface area contributed by atoms with Crippen LogP contribution in [0, 0.1) is 0 Å². The summed E-state index contributed by atoms with van der Waals surface area (Å²) in [6.45, 7) is 1.54. The van der Waals surface area contributed by atoms with Crippen molar-refractivity contribution >= 4 is 11.6 Å². The summed E-state index contributed by atoms with van der Waals surface area (Å²) in [5, 5.41) is 8.67. The first kappa shape index (κ1) is 11.7. The molecule has 0 N–H and O–H groups in total. The third-order valence-electron chi connectivity index (χ3n) is 3.24. The molecule has 2 aromatic rings. The second-order valence-electron chi connectivity index (χ2n) is 4.37. The Bertz CT molecular complexity index is 520. The Balaban J connectivity index is 2.01. The van der Waals surface area contributed by atoms with Gasteiger partial charge < -0.3 is 4.74 Å². The van der Waals surface area contributed by atoms with Crippen molar-refractivity contribution in [3.8, 4) is 11.4 Å². The van der Waals surface area contributed by atoms with Gasteiger partial charge in [0.25, 0.3) is 0 Å². The average molecular weight is 264 g/mol. The Kier molecular flexibility index (Phi) is 3.30. The van der Waals surface area contributed by atoms with Crippen molar-refractivity contribution in [1.29, 1.82) is 0 Å². The summed E-state index contributed by atoms with van der Waals surface area (Å²) in [5.74, 6) is 0.840. The van der Waals surface area contributed by atoms with E-state index < -0.39 is 0 Å². The molecule has 0 unspecified atom stereocenters. The quantitative estimate of drug-likeness (QED) is 0.836. The fourth-order valence-electron chi connectivity index (χ4n) is 2.32. The summed E-state index contributed by atoms with van der Waals surface area (Å²) in [4.78, 5) is 0. The predicted octanol–water partition coefficient (Wildman–Crippen LogP) is 2.95. The van der Waals surface area contributed by atoms with Gasteiger partial charge in [0.15, 0.2) is 5.82 Å². The molecule has 0 spiro atoms. The minimum Gasteiger partial charge on any atom is -0.381 e. The van der Waals surface area contributed by atoms with E-state index in [1.807, 2.05) is 34.9 Å². The van der Waals surface area contributed by atoms with E-state index in [9.17, 15) is 0 Å². The monoisotopic (exact) mass is 263 g/mol. The first-order valence-electron chi connectivity index (χ1n) is 6.10. The fraction of sp³-hybridized carbons (Fsp3) is 0.385. The number of aromatic nitrogens is 3. The van der Waals surface area contributed by atoms with Crippen LogP contribution < -0.4 is 0 Å². The minimum atomic E-state index is 0.330. The van der Waals surface area contributed by atoms with Crippen LogP contribution in [0.2, 0.25) is 5.28 Å². The molecule has 3 rings (SSSR count). The Morgan fingerprint density at radius 2 is 1.83 bits per heavy atom. The molecule has 0 amide bonds. The van der Waals surface area contributed by atoms with E-state index in [2.05, 4.69) is 10.2 Å². The van der Waals surface area contributed by atoms with Crippen LogP contribution in [0.5, 0.6) is 0 Å². The van der Waals surface area contributed by atoms with Crippen molar-refractivity contribution in [2.24, 2.45) is 0 Å². The number of hydrogen-bond donors (Lipinski definition) is 0. The van der Waals surface area contributed by atoms with Crippen LogP contribution in [0.4, 0.5) is 0 Å². The molecule has 1 aromatic carbocycles. The molecule has 1 aliphatic heterocycles. The maximum atomic E-state index is 6.18. The van der Waals surface area contributed by atoms with Gasteiger partial charge in [-0.25, -0.2) is 0 Å². The Hall–Kier alpha value is -1.39. The molecule has 4 nitrogen and oxygen atoms in total. The molecule has 18 heavy (non-hydrogen) atoms. The topological polar surface area (TPSA) is 39.9 Å². The van der Waals surface area contributed by atoms with E-state index in [1.165, 1.54) is 0 Å². The van der Waals surface area contributed by atoms with E-state index in [0.717, 1.165) is 37.4 Å². The fourth-order valence-corrected chi connectivity index (χ4v) is 2.58. The largest absolute Gasteiger partial charge is 0.381 e. The third-order valence-corrected chi connectivity index (χ3v) is 3.50. The molecule has 5 heteroatoms. The van der Waals surface area contributed by atoms with Gasteiger partial charge in [0.05, 0.1) is 0 Å².